The summed E-state index contributed by atoms with van der Waals surface area (Å²) in [6, 6.07) is 6.69. The quantitative estimate of drug-likeness (QED) is 0.819. The van der Waals surface area contributed by atoms with Crippen molar-refractivity contribution in [1.82, 2.24) is 14.8 Å². The number of aromatic nitrogens is 1. The van der Waals surface area contributed by atoms with E-state index in [0.29, 0.717) is 17.9 Å². The number of anilines is 1. The molecular weight excluding hydrogens is 336 g/mol. The van der Waals surface area contributed by atoms with Crippen LogP contribution in [0.4, 0.5) is 5.82 Å². The Hall–Kier alpha value is -1.62. The molecule has 0 spiro atoms. The van der Waals surface area contributed by atoms with E-state index in [2.05, 4.69) is 31.8 Å². The van der Waals surface area contributed by atoms with Crippen molar-refractivity contribution >= 4 is 11.7 Å². The number of likely N-dealkylation sites (tertiary alicyclic amines) is 1. The number of pyridine rings is 1. The van der Waals surface area contributed by atoms with Crippen LogP contribution in [0, 0.1) is 5.92 Å². The molecule has 0 radical (unpaired) electrons. The third kappa shape index (κ3) is 4.63. The minimum absolute atomic E-state index is 0.296. The van der Waals surface area contributed by atoms with E-state index >= 15 is 0 Å². The predicted molar refractivity (Wildman–Crippen MR) is 109 cm³/mol. The first-order chi connectivity index (χ1) is 13.3. The summed E-state index contributed by atoms with van der Waals surface area (Å²) in [5.74, 6) is 1.83. The lowest BCUT2D eigenvalue weighted by molar-refractivity contribution is -0.143. The fourth-order valence-electron chi connectivity index (χ4n) is 4.86. The smallest absolute Gasteiger partial charge is 0.225 e. The van der Waals surface area contributed by atoms with Gasteiger partial charge in [0, 0.05) is 57.4 Å². The topological polar surface area (TPSA) is 39.7 Å². The minimum atomic E-state index is 0.296. The molecule has 1 aliphatic carbocycles. The molecule has 5 nitrogen and oxygen atoms in total. The Morgan fingerprint density at radius 1 is 0.889 bits per heavy atom. The van der Waals surface area contributed by atoms with E-state index in [1.807, 2.05) is 12.3 Å². The van der Waals surface area contributed by atoms with E-state index < -0.39 is 0 Å². The SMILES string of the molecule is O=C(C1CCCCCCCC1)N1CC(N2CCN(c3ccccn3)CC2)C1. The van der Waals surface area contributed by atoms with Gasteiger partial charge in [0.15, 0.2) is 0 Å². The number of hydrogen-bond acceptors (Lipinski definition) is 4. The zero-order valence-corrected chi connectivity index (χ0v) is 16.6. The highest BCUT2D eigenvalue weighted by atomic mass is 16.2. The molecule has 148 valence electrons. The molecule has 2 saturated heterocycles. The molecule has 0 atom stereocenters. The van der Waals surface area contributed by atoms with Gasteiger partial charge in [0.1, 0.15) is 5.82 Å². The zero-order chi connectivity index (χ0) is 18.5. The summed E-state index contributed by atoms with van der Waals surface area (Å²) in [6.07, 6.45) is 11.9. The maximum absolute atomic E-state index is 12.9. The first-order valence-corrected chi connectivity index (χ1v) is 11.0. The fraction of sp³-hybridized carbons (Fsp3) is 0.727. The molecule has 0 bridgehead atoms. The molecule has 4 rings (SSSR count). The second kappa shape index (κ2) is 9.05. The van der Waals surface area contributed by atoms with E-state index in [1.165, 1.54) is 38.5 Å². The Morgan fingerprint density at radius 2 is 1.56 bits per heavy atom. The van der Waals surface area contributed by atoms with Gasteiger partial charge in [0.25, 0.3) is 0 Å². The van der Waals surface area contributed by atoms with Gasteiger partial charge in [-0.15, -0.1) is 0 Å². The molecule has 3 heterocycles. The van der Waals surface area contributed by atoms with E-state index in [9.17, 15) is 4.79 Å². The van der Waals surface area contributed by atoms with Gasteiger partial charge in [0.2, 0.25) is 5.91 Å². The van der Waals surface area contributed by atoms with Gasteiger partial charge >= 0.3 is 0 Å². The van der Waals surface area contributed by atoms with Crippen LogP contribution in [0.25, 0.3) is 0 Å². The molecule has 2 aliphatic heterocycles. The van der Waals surface area contributed by atoms with Crippen LogP contribution in [-0.4, -0.2) is 66.0 Å². The monoisotopic (exact) mass is 370 g/mol. The van der Waals surface area contributed by atoms with Crippen LogP contribution in [0.2, 0.25) is 0 Å². The lowest BCUT2D eigenvalue weighted by Crippen LogP contribution is -2.65. The summed E-state index contributed by atoms with van der Waals surface area (Å²) in [7, 11) is 0. The number of carbonyl (C=O) groups is 1. The number of amides is 1. The maximum Gasteiger partial charge on any atom is 0.225 e. The molecule has 1 aromatic heterocycles. The summed E-state index contributed by atoms with van der Waals surface area (Å²) >= 11 is 0. The highest BCUT2D eigenvalue weighted by Crippen LogP contribution is 2.27. The number of piperazine rings is 1. The first kappa shape index (κ1) is 18.7. The number of hydrogen-bond donors (Lipinski definition) is 0. The molecule has 3 aliphatic rings. The van der Waals surface area contributed by atoms with E-state index in [-0.39, 0.29) is 0 Å². The fourth-order valence-corrected chi connectivity index (χ4v) is 4.86. The van der Waals surface area contributed by atoms with Crippen molar-refractivity contribution in [2.45, 2.75) is 57.4 Å². The largest absolute Gasteiger partial charge is 0.354 e. The van der Waals surface area contributed by atoms with Crippen molar-refractivity contribution in [3.63, 3.8) is 0 Å². The maximum atomic E-state index is 12.9. The second-order valence-electron chi connectivity index (χ2n) is 8.50. The molecular formula is C22H34N4O. The van der Waals surface area contributed by atoms with Crippen LogP contribution >= 0.6 is 0 Å². The molecule has 0 unspecified atom stereocenters. The summed E-state index contributed by atoms with van der Waals surface area (Å²) in [6.45, 7) is 6.10. The molecule has 5 heteroatoms. The molecule has 3 fully saturated rings. The Balaban J connectivity index is 1.22. The summed E-state index contributed by atoms with van der Waals surface area (Å²) in [5.41, 5.74) is 0. The Bertz CT molecular complexity index is 584. The van der Waals surface area contributed by atoms with Crippen LogP contribution in [0.5, 0.6) is 0 Å². The van der Waals surface area contributed by atoms with Crippen molar-refractivity contribution in [3.05, 3.63) is 24.4 Å². The third-order valence-electron chi connectivity index (χ3n) is 6.68. The van der Waals surface area contributed by atoms with E-state index in [1.54, 1.807) is 0 Å². The molecule has 27 heavy (non-hydrogen) atoms. The lowest BCUT2D eigenvalue weighted by atomic mass is 9.93. The summed E-state index contributed by atoms with van der Waals surface area (Å²) in [4.78, 5) is 24.5. The van der Waals surface area contributed by atoms with Crippen molar-refractivity contribution < 1.29 is 4.79 Å². The average molecular weight is 371 g/mol. The molecule has 0 N–H and O–H groups in total. The Labute approximate surface area is 163 Å². The number of carbonyl (C=O) groups excluding carboxylic acids is 1. The van der Waals surface area contributed by atoms with Crippen molar-refractivity contribution in [2.24, 2.45) is 5.92 Å². The summed E-state index contributed by atoms with van der Waals surface area (Å²) < 4.78 is 0. The van der Waals surface area contributed by atoms with Crippen LogP contribution in [0.1, 0.15) is 51.4 Å². The summed E-state index contributed by atoms with van der Waals surface area (Å²) in [5, 5.41) is 0. The average Bonchev–Trinajstić information content (AvgIpc) is 2.82. The molecule has 1 aromatic rings. The van der Waals surface area contributed by atoms with Crippen molar-refractivity contribution in [1.29, 1.82) is 0 Å². The van der Waals surface area contributed by atoms with Crippen LogP contribution in [0.15, 0.2) is 24.4 Å². The van der Waals surface area contributed by atoms with Crippen molar-refractivity contribution in [3.8, 4) is 0 Å². The van der Waals surface area contributed by atoms with Gasteiger partial charge in [-0.2, -0.15) is 0 Å². The van der Waals surface area contributed by atoms with E-state index in [0.717, 1.165) is 57.9 Å². The van der Waals surface area contributed by atoms with Gasteiger partial charge in [-0.05, 0) is 25.0 Å². The Kier molecular flexibility index (Phi) is 6.28. The van der Waals surface area contributed by atoms with Gasteiger partial charge in [-0.25, -0.2) is 4.98 Å². The van der Waals surface area contributed by atoms with E-state index in [4.69, 9.17) is 0 Å². The van der Waals surface area contributed by atoms with Gasteiger partial charge in [-0.3, -0.25) is 9.69 Å². The first-order valence-electron chi connectivity index (χ1n) is 11.0. The highest BCUT2D eigenvalue weighted by molar-refractivity contribution is 5.79. The van der Waals surface area contributed by atoms with Crippen LogP contribution < -0.4 is 4.90 Å². The normalized spacial score (nSPS) is 24.0. The minimum Gasteiger partial charge on any atom is -0.354 e. The predicted octanol–water partition coefficient (Wildman–Crippen LogP) is 3.17. The van der Waals surface area contributed by atoms with Gasteiger partial charge in [-0.1, -0.05) is 44.6 Å². The van der Waals surface area contributed by atoms with Crippen molar-refractivity contribution in [2.75, 3.05) is 44.2 Å². The van der Waals surface area contributed by atoms with Crippen LogP contribution in [0.3, 0.4) is 0 Å². The number of rotatable bonds is 3. The molecule has 1 amide bonds. The van der Waals surface area contributed by atoms with Gasteiger partial charge in [0.05, 0.1) is 0 Å². The number of nitrogens with zero attached hydrogens (tertiary/aromatic N) is 4. The third-order valence-corrected chi connectivity index (χ3v) is 6.68. The molecule has 0 aromatic carbocycles. The lowest BCUT2D eigenvalue weighted by Gasteiger charge is -2.49. The van der Waals surface area contributed by atoms with Gasteiger partial charge < -0.3 is 9.80 Å². The van der Waals surface area contributed by atoms with Crippen LogP contribution in [-0.2, 0) is 4.79 Å². The molecule has 1 saturated carbocycles. The Morgan fingerprint density at radius 3 is 2.19 bits per heavy atom. The standard InChI is InChI=1S/C22H34N4O/c27-22(19-9-5-3-1-2-4-6-10-19)26-17-20(18-26)24-13-15-25(16-14-24)21-11-7-8-12-23-21/h7-8,11-12,19-20H,1-6,9-10,13-18H2. The zero-order valence-electron chi connectivity index (χ0n) is 16.6. The highest BCUT2D eigenvalue weighted by Gasteiger charge is 2.38. The second-order valence-corrected chi connectivity index (χ2v) is 8.50.